The van der Waals surface area contributed by atoms with Gasteiger partial charge >= 0.3 is 12.3 Å². The Kier molecular flexibility index (Phi) is 3.99. The second kappa shape index (κ2) is 5.05. The molecule has 0 saturated heterocycles. The van der Waals surface area contributed by atoms with Gasteiger partial charge in [0, 0.05) is 12.6 Å². The lowest BCUT2D eigenvalue weighted by molar-refractivity contribution is -0.162. The zero-order chi connectivity index (χ0) is 12.2. The molecule has 0 N–H and O–H groups in total. The van der Waals surface area contributed by atoms with Crippen molar-refractivity contribution < 1.29 is 22.7 Å². The van der Waals surface area contributed by atoms with Crippen molar-refractivity contribution in [2.24, 2.45) is 0 Å². The number of ether oxygens (including phenoxy) is 1. The number of carbonyl (C=O) groups excluding carboxylic acids is 1. The molecule has 1 fully saturated rings. The highest BCUT2D eigenvalue weighted by Crippen LogP contribution is 2.28. The topological polar surface area (TPSA) is 53.3 Å². The minimum absolute atomic E-state index is 0.0610. The standard InChI is InChI=1S/C9H11F3N2O2/c10-9(11,12)6-16-8(15)14(5-1-4-13)7-2-3-7/h7H,1-3,5-6H2. The number of hydrogen-bond donors (Lipinski definition) is 0. The number of alkyl halides is 3. The smallest absolute Gasteiger partial charge is 0.422 e. The van der Waals surface area contributed by atoms with E-state index in [4.69, 9.17) is 5.26 Å². The molecule has 0 radical (unpaired) electrons. The van der Waals surface area contributed by atoms with Crippen LogP contribution in [0.25, 0.3) is 0 Å². The highest BCUT2D eigenvalue weighted by Gasteiger charge is 2.36. The molecule has 16 heavy (non-hydrogen) atoms. The summed E-state index contributed by atoms with van der Waals surface area (Å²) in [4.78, 5) is 12.5. The third-order valence-electron chi connectivity index (χ3n) is 2.05. The number of hydrogen-bond acceptors (Lipinski definition) is 3. The average molecular weight is 236 g/mol. The first-order valence-corrected chi connectivity index (χ1v) is 4.81. The lowest BCUT2D eigenvalue weighted by Crippen LogP contribution is -2.36. The number of rotatable bonds is 4. The van der Waals surface area contributed by atoms with Crippen molar-refractivity contribution in [3.05, 3.63) is 0 Å². The Balaban J connectivity index is 2.39. The quantitative estimate of drug-likeness (QED) is 0.750. The van der Waals surface area contributed by atoms with E-state index < -0.39 is 18.9 Å². The molecule has 1 aliphatic rings. The van der Waals surface area contributed by atoms with Crippen molar-refractivity contribution in [2.75, 3.05) is 13.2 Å². The van der Waals surface area contributed by atoms with Crippen LogP contribution >= 0.6 is 0 Å². The first kappa shape index (κ1) is 12.6. The summed E-state index contributed by atoms with van der Waals surface area (Å²) in [6.07, 6.45) is -3.90. The first-order valence-electron chi connectivity index (χ1n) is 4.81. The molecule has 0 aromatic carbocycles. The molecule has 0 aliphatic heterocycles. The third kappa shape index (κ3) is 4.38. The Labute approximate surface area is 90.6 Å². The van der Waals surface area contributed by atoms with Gasteiger partial charge in [0.15, 0.2) is 6.61 Å². The summed E-state index contributed by atoms with van der Waals surface area (Å²) in [6.45, 7) is -1.46. The van der Waals surface area contributed by atoms with Gasteiger partial charge in [-0.05, 0) is 12.8 Å². The third-order valence-corrected chi connectivity index (χ3v) is 2.05. The lowest BCUT2D eigenvalue weighted by atomic mass is 10.4. The summed E-state index contributed by atoms with van der Waals surface area (Å²) in [5.74, 6) is 0. The van der Waals surface area contributed by atoms with Crippen LogP contribution in [0, 0.1) is 11.3 Å². The molecule has 0 bridgehead atoms. The summed E-state index contributed by atoms with van der Waals surface area (Å²) in [5.41, 5.74) is 0. The van der Waals surface area contributed by atoms with E-state index >= 15 is 0 Å². The first-order chi connectivity index (χ1) is 7.44. The van der Waals surface area contributed by atoms with Crippen LogP contribution in [0.5, 0.6) is 0 Å². The number of nitrogens with zero attached hydrogens (tertiary/aromatic N) is 2. The largest absolute Gasteiger partial charge is 0.440 e. The molecule has 1 amide bonds. The van der Waals surface area contributed by atoms with Crippen LogP contribution in [0.15, 0.2) is 0 Å². The molecule has 7 heteroatoms. The van der Waals surface area contributed by atoms with E-state index in [0.29, 0.717) is 0 Å². The second-order valence-electron chi connectivity index (χ2n) is 3.50. The molecule has 0 aromatic heterocycles. The van der Waals surface area contributed by atoms with E-state index in [0.717, 1.165) is 12.8 Å². The molecule has 0 spiro atoms. The van der Waals surface area contributed by atoms with Crippen molar-refractivity contribution in [2.45, 2.75) is 31.5 Å². The number of nitriles is 1. The molecular formula is C9H11F3N2O2. The molecule has 90 valence electrons. The molecule has 4 nitrogen and oxygen atoms in total. The minimum Gasteiger partial charge on any atom is -0.440 e. The van der Waals surface area contributed by atoms with E-state index in [2.05, 4.69) is 4.74 Å². The van der Waals surface area contributed by atoms with Gasteiger partial charge in [0.05, 0.1) is 12.5 Å². The second-order valence-corrected chi connectivity index (χ2v) is 3.50. The zero-order valence-corrected chi connectivity index (χ0v) is 8.46. The number of halogens is 3. The van der Waals surface area contributed by atoms with Crippen LogP contribution in [0.1, 0.15) is 19.3 Å². The fraction of sp³-hybridized carbons (Fsp3) is 0.778. The molecule has 1 saturated carbocycles. The molecule has 0 aromatic rings. The molecule has 0 heterocycles. The van der Waals surface area contributed by atoms with Gasteiger partial charge in [-0.2, -0.15) is 18.4 Å². The van der Waals surface area contributed by atoms with E-state index in [-0.39, 0.29) is 19.0 Å². The summed E-state index contributed by atoms with van der Waals surface area (Å²) < 4.78 is 39.5. The Bertz CT molecular complexity index is 294. The SMILES string of the molecule is N#CCCN(C(=O)OCC(F)(F)F)C1CC1. The average Bonchev–Trinajstić information content (AvgIpc) is 2.98. The van der Waals surface area contributed by atoms with E-state index in [1.54, 1.807) is 0 Å². The van der Waals surface area contributed by atoms with Crippen LogP contribution in [0.3, 0.4) is 0 Å². The van der Waals surface area contributed by atoms with Gasteiger partial charge in [-0.1, -0.05) is 0 Å². The molecule has 1 rings (SSSR count). The Morgan fingerprint density at radius 2 is 2.12 bits per heavy atom. The van der Waals surface area contributed by atoms with Crippen molar-refractivity contribution in [1.29, 1.82) is 5.26 Å². The Morgan fingerprint density at radius 1 is 1.50 bits per heavy atom. The minimum atomic E-state index is -4.51. The monoisotopic (exact) mass is 236 g/mol. The maximum absolute atomic E-state index is 11.8. The van der Waals surface area contributed by atoms with Crippen LogP contribution in [-0.2, 0) is 4.74 Å². The van der Waals surface area contributed by atoms with Gasteiger partial charge < -0.3 is 9.64 Å². The predicted octanol–water partition coefficient (Wildman–Crippen LogP) is 2.06. The van der Waals surface area contributed by atoms with Gasteiger partial charge in [0.1, 0.15) is 0 Å². The van der Waals surface area contributed by atoms with Crippen LogP contribution in [0.2, 0.25) is 0 Å². The van der Waals surface area contributed by atoms with E-state index in [1.165, 1.54) is 4.90 Å². The van der Waals surface area contributed by atoms with E-state index in [1.807, 2.05) is 6.07 Å². The Hall–Kier alpha value is -1.45. The van der Waals surface area contributed by atoms with Crippen LogP contribution in [0.4, 0.5) is 18.0 Å². The maximum Gasteiger partial charge on any atom is 0.422 e. The van der Waals surface area contributed by atoms with Gasteiger partial charge in [0.25, 0.3) is 0 Å². The van der Waals surface area contributed by atoms with Gasteiger partial charge in [-0.15, -0.1) is 0 Å². The maximum atomic E-state index is 11.8. The van der Waals surface area contributed by atoms with Crippen LogP contribution in [-0.4, -0.2) is 36.4 Å². The summed E-state index contributed by atoms with van der Waals surface area (Å²) >= 11 is 0. The normalized spacial score (nSPS) is 15.4. The summed E-state index contributed by atoms with van der Waals surface area (Å²) in [6, 6.07) is 1.78. The van der Waals surface area contributed by atoms with Crippen molar-refractivity contribution in [3.63, 3.8) is 0 Å². The summed E-state index contributed by atoms with van der Waals surface area (Å²) in [7, 11) is 0. The highest BCUT2D eigenvalue weighted by atomic mass is 19.4. The molecule has 0 unspecified atom stereocenters. The Morgan fingerprint density at radius 3 is 2.56 bits per heavy atom. The molecular weight excluding hydrogens is 225 g/mol. The number of amides is 1. The van der Waals surface area contributed by atoms with E-state index in [9.17, 15) is 18.0 Å². The van der Waals surface area contributed by atoms with Crippen molar-refractivity contribution in [1.82, 2.24) is 4.90 Å². The fourth-order valence-corrected chi connectivity index (χ4v) is 1.21. The highest BCUT2D eigenvalue weighted by molar-refractivity contribution is 5.68. The molecule has 1 aliphatic carbocycles. The van der Waals surface area contributed by atoms with Crippen molar-refractivity contribution >= 4 is 6.09 Å². The lowest BCUT2D eigenvalue weighted by Gasteiger charge is -2.20. The van der Waals surface area contributed by atoms with Crippen molar-refractivity contribution in [3.8, 4) is 6.07 Å². The van der Waals surface area contributed by atoms with Gasteiger partial charge in [-0.3, -0.25) is 0 Å². The predicted molar refractivity (Wildman–Crippen MR) is 47.4 cm³/mol. The zero-order valence-electron chi connectivity index (χ0n) is 8.46. The summed E-state index contributed by atoms with van der Waals surface area (Å²) in [5, 5.41) is 8.35. The van der Waals surface area contributed by atoms with Gasteiger partial charge in [-0.25, -0.2) is 4.79 Å². The van der Waals surface area contributed by atoms with Gasteiger partial charge in [0.2, 0.25) is 0 Å². The fourth-order valence-electron chi connectivity index (χ4n) is 1.21. The molecule has 0 atom stereocenters. The number of carbonyl (C=O) groups is 1. The van der Waals surface area contributed by atoms with Crippen LogP contribution < -0.4 is 0 Å².